The van der Waals surface area contributed by atoms with Crippen LogP contribution in [0.5, 0.6) is 0 Å². The molecular formula is C14H27N3O2. The third kappa shape index (κ3) is 3.68. The fourth-order valence-corrected chi connectivity index (χ4v) is 3.48. The largest absolute Gasteiger partial charge is 0.481 e. The van der Waals surface area contributed by atoms with Crippen LogP contribution >= 0.6 is 0 Å². The quantitative estimate of drug-likeness (QED) is 0.811. The van der Waals surface area contributed by atoms with Crippen LogP contribution in [0.1, 0.15) is 25.7 Å². The fourth-order valence-electron chi connectivity index (χ4n) is 3.48. The van der Waals surface area contributed by atoms with Crippen molar-refractivity contribution in [1.82, 2.24) is 14.7 Å². The number of aliphatic carboxylic acids is 1. The van der Waals surface area contributed by atoms with Gasteiger partial charge < -0.3 is 14.9 Å². The average molecular weight is 269 g/mol. The molecule has 0 aliphatic carbocycles. The monoisotopic (exact) mass is 269 g/mol. The zero-order chi connectivity index (χ0) is 13.9. The molecule has 1 atom stereocenters. The van der Waals surface area contributed by atoms with Gasteiger partial charge in [0.25, 0.3) is 0 Å². The lowest BCUT2D eigenvalue weighted by Gasteiger charge is -2.46. The van der Waals surface area contributed by atoms with Crippen LogP contribution in [0.3, 0.4) is 0 Å². The summed E-state index contributed by atoms with van der Waals surface area (Å²) in [5, 5.41) is 9.32. The number of likely N-dealkylation sites (tertiary alicyclic amines) is 1. The summed E-state index contributed by atoms with van der Waals surface area (Å²) in [6.45, 7) is 6.23. The van der Waals surface area contributed by atoms with E-state index in [0.717, 1.165) is 58.5 Å². The molecule has 1 N–H and O–H groups in total. The van der Waals surface area contributed by atoms with Gasteiger partial charge in [-0.25, -0.2) is 0 Å². The maximum absolute atomic E-state index is 11.3. The third-order valence-corrected chi connectivity index (χ3v) is 4.80. The Bertz CT molecular complexity index is 316. The highest BCUT2D eigenvalue weighted by Gasteiger charge is 2.40. The molecule has 2 saturated heterocycles. The van der Waals surface area contributed by atoms with Crippen LogP contribution in [0.2, 0.25) is 0 Å². The predicted molar refractivity (Wildman–Crippen MR) is 75.4 cm³/mol. The van der Waals surface area contributed by atoms with Gasteiger partial charge in [0.15, 0.2) is 0 Å². The molecule has 0 bridgehead atoms. The van der Waals surface area contributed by atoms with Crippen LogP contribution in [-0.2, 0) is 4.79 Å². The van der Waals surface area contributed by atoms with Crippen LogP contribution in [0, 0.1) is 0 Å². The molecule has 5 heteroatoms. The van der Waals surface area contributed by atoms with Crippen molar-refractivity contribution in [2.75, 3.05) is 53.4 Å². The number of carboxylic acid groups (broad SMARTS) is 1. The Hall–Kier alpha value is -0.650. The van der Waals surface area contributed by atoms with Gasteiger partial charge in [0, 0.05) is 31.7 Å². The van der Waals surface area contributed by atoms with Gasteiger partial charge >= 0.3 is 5.97 Å². The van der Waals surface area contributed by atoms with E-state index in [1.54, 1.807) is 0 Å². The summed E-state index contributed by atoms with van der Waals surface area (Å²) in [5.74, 6) is -0.650. The van der Waals surface area contributed by atoms with Crippen LogP contribution in [0.25, 0.3) is 0 Å². The molecular weight excluding hydrogens is 242 g/mol. The molecule has 1 unspecified atom stereocenters. The maximum atomic E-state index is 11.3. The molecule has 0 aromatic carbocycles. The lowest BCUT2D eigenvalue weighted by Crippen LogP contribution is -2.57. The summed E-state index contributed by atoms with van der Waals surface area (Å²) < 4.78 is 0. The maximum Gasteiger partial charge on any atom is 0.305 e. The third-order valence-electron chi connectivity index (χ3n) is 4.80. The number of carboxylic acids is 1. The molecule has 2 aliphatic rings. The predicted octanol–water partition coefficient (Wildman–Crippen LogP) is 0.563. The Morgan fingerprint density at radius 2 is 1.63 bits per heavy atom. The molecule has 0 amide bonds. The number of hydrogen-bond acceptors (Lipinski definition) is 4. The van der Waals surface area contributed by atoms with Gasteiger partial charge in [-0.3, -0.25) is 9.69 Å². The number of carbonyl (C=O) groups is 1. The highest BCUT2D eigenvalue weighted by atomic mass is 16.4. The second kappa shape index (κ2) is 6.20. The molecule has 0 aromatic heterocycles. The molecule has 2 rings (SSSR count). The van der Waals surface area contributed by atoms with E-state index < -0.39 is 5.97 Å². The summed E-state index contributed by atoms with van der Waals surface area (Å²) in [4.78, 5) is 18.4. The lowest BCUT2D eigenvalue weighted by atomic mass is 9.84. The summed E-state index contributed by atoms with van der Waals surface area (Å²) in [5.41, 5.74) is -0.113. The summed E-state index contributed by atoms with van der Waals surface area (Å²) in [7, 11) is 4.28. The standard InChI is InChI=1S/C14H27N3O2/c1-15-6-3-4-14(5-7-15,12-13(18)19)17-10-8-16(2)9-11-17/h3-12H2,1-2H3,(H,18,19). The smallest absolute Gasteiger partial charge is 0.305 e. The minimum Gasteiger partial charge on any atom is -0.481 e. The van der Waals surface area contributed by atoms with Gasteiger partial charge in [0.2, 0.25) is 0 Å². The van der Waals surface area contributed by atoms with Gasteiger partial charge in [-0.15, -0.1) is 0 Å². The Labute approximate surface area is 116 Å². The fraction of sp³-hybridized carbons (Fsp3) is 0.929. The Kier molecular flexibility index (Phi) is 4.81. The van der Waals surface area contributed by atoms with Crippen molar-refractivity contribution >= 4 is 5.97 Å². The van der Waals surface area contributed by atoms with E-state index in [0.29, 0.717) is 6.42 Å². The molecule has 0 aromatic rings. The molecule has 0 spiro atoms. The van der Waals surface area contributed by atoms with Gasteiger partial charge in [-0.1, -0.05) is 0 Å². The van der Waals surface area contributed by atoms with Gasteiger partial charge in [0.1, 0.15) is 0 Å². The van der Waals surface area contributed by atoms with Crippen LogP contribution in [0.15, 0.2) is 0 Å². The van der Waals surface area contributed by atoms with Crippen molar-refractivity contribution in [3.8, 4) is 0 Å². The molecule has 0 radical (unpaired) electrons. The van der Waals surface area contributed by atoms with Crippen LogP contribution in [0.4, 0.5) is 0 Å². The van der Waals surface area contributed by atoms with E-state index in [2.05, 4.69) is 28.8 Å². The van der Waals surface area contributed by atoms with E-state index in [9.17, 15) is 9.90 Å². The van der Waals surface area contributed by atoms with E-state index >= 15 is 0 Å². The van der Waals surface area contributed by atoms with Crippen molar-refractivity contribution in [1.29, 1.82) is 0 Å². The lowest BCUT2D eigenvalue weighted by molar-refractivity contribution is -0.141. The molecule has 0 saturated carbocycles. The van der Waals surface area contributed by atoms with Crippen LogP contribution in [-0.4, -0.2) is 84.7 Å². The molecule has 2 heterocycles. The topological polar surface area (TPSA) is 47.0 Å². The summed E-state index contributed by atoms with van der Waals surface area (Å²) in [6, 6.07) is 0. The number of likely N-dealkylation sites (N-methyl/N-ethyl adjacent to an activating group) is 1. The molecule has 110 valence electrons. The normalized spacial score (nSPS) is 32.1. The first-order chi connectivity index (χ1) is 9.02. The van der Waals surface area contributed by atoms with E-state index in [1.165, 1.54) is 0 Å². The first-order valence-corrected chi connectivity index (χ1v) is 7.36. The highest BCUT2D eigenvalue weighted by molar-refractivity contribution is 5.68. The number of rotatable bonds is 3. The van der Waals surface area contributed by atoms with E-state index in [4.69, 9.17) is 0 Å². The Morgan fingerprint density at radius 1 is 1.00 bits per heavy atom. The Morgan fingerprint density at radius 3 is 2.26 bits per heavy atom. The number of nitrogens with zero attached hydrogens (tertiary/aromatic N) is 3. The van der Waals surface area contributed by atoms with Crippen molar-refractivity contribution < 1.29 is 9.90 Å². The summed E-state index contributed by atoms with van der Waals surface area (Å²) >= 11 is 0. The van der Waals surface area contributed by atoms with E-state index in [-0.39, 0.29) is 5.54 Å². The van der Waals surface area contributed by atoms with E-state index in [1.807, 2.05) is 0 Å². The first kappa shape index (κ1) is 14.8. The minimum absolute atomic E-state index is 0.113. The van der Waals surface area contributed by atoms with Crippen LogP contribution < -0.4 is 0 Å². The molecule has 5 nitrogen and oxygen atoms in total. The van der Waals surface area contributed by atoms with Gasteiger partial charge in [-0.05, 0) is 46.4 Å². The number of hydrogen-bond donors (Lipinski definition) is 1. The Balaban J connectivity index is 2.11. The zero-order valence-corrected chi connectivity index (χ0v) is 12.3. The average Bonchev–Trinajstić information content (AvgIpc) is 2.53. The molecule has 2 fully saturated rings. The second-order valence-corrected chi connectivity index (χ2v) is 6.24. The minimum atomic E-state index is -0.650. The number of piperazine rings is 1. The summed E-state index contributed by atoms with van der Waals surface area (Å²) in [6.07, 6.45) is 3.41. The molecule has 19 heavy (non-hydrogen) atoms. The molecule has 2 aliphatic heterocycles. The van der Waals surface area contributed by atoms with Crippen molar-refractivity contribution in [2.45, 2.75) is 31.2 Å². The zero-order valence-electron chi connectivity index (χ0n) is 12.3. The van der Waals surface area contributed by atoms with Crippen molar-refractivity contribution in [3.63, 3.8) is 0 Å². The SMILES string of the molecule is CN1CCN(C2(CC(=O)O)CCCN(C)CC2)CC1. The highest BCUT2D eigenvalue weighted by Crippen LogP contribution is 2.33. The van der Waals surface area contributed by atoms with Gasteiger partial charge in [-0.2, -0.15) is 0 Å². The van der Waals surface area contributed by atoms with Crippen molar-refractivity contribution in [3.05, 3.63) is 0 Å². The second-order valence-electron chi connectivity index (χ2n) is 6.24. The van der Waals surface area contributed by atoms with Gasteiger partial charge in [0.05, 0.1) is 6.42 Å². The first-order valence-electron chi connectivity index (χ1n) is 7.36. The van der Waals surface area contributed by atoms with Crippen molar-refractivity contribution in [2.24, 2.45) is 0 Å².